The minimum Gasteiger partial charge on any atom is -0.198 e. The van der Waals surface area contributed by atoms with E-state index in [9.17, 15) is 0 Å². The van der Waals surface area contributed by atoms with Gasteiger partial charge in [0.25, 0.3) is 0 Å². The second kappa shape index (κ2) is 4.72. The van der Waals surface area contributed by atoms with Gasteiger partial charge in [0, 0.05) is 4.90 Å². The van der Waals surface area contributed by atoms with Crippen LogP contribution in [0.4, 0.5) is 0 Å². The molecule has 1 saturated carbocycles. The smallest absolute Gasteiger partial charge is 0.0690 e. The van der Waals surface area contributed by atoms with Gasteiger partial charge in [-0.1, -0.05) is 24.6 Å². The molecule has 1 aromatic carbocycles. The summed E-state index contributed by atoms with van der Waals surface area (Å²) < 4.78 is 0. The van der Waals surface area contributed by atoms with Gasteiger partial charge >= 0.3 is 0 Å². The van der Waals surface area contributed by atoms with Crippen molar-refractivity contribution in [2.45, 2.75) is 30.6 Å². The molecule has 1 aliphatic rings. The molecule has 0 aliphatic heterocycles. The highest BCUT2D eigenvalue weighted by Crippen LogP contribution is 2.44. The lowest BCUT2D eigenvalue weighted by Crippen LogP contribution is -2.27. The first-order valence-electron chi connectivity index (χ1n) is 5.44. The standard InChI is InChI=1S/C13H15NS/c14-11-13(7-4-8-13)9-10-15-12-5-2-1-3-6-12/h1-3,5-6H,4,7-10H2. The van der Waals surface area contributed by atoms with E-state index in [2.05, 4.69) is 30.3 Å². The zero-order valence-corrected chi connectivity index (χ0v) is 9.59. The Morgan fingerprint density at radius 1 is 1.27 bits per heavy atom. The molecule has 0 heterocycles. The number of hydrogen-bond donors (Lipinski definition) is 0. The van der Waals surface area contributed by atoms with E-state index in [0.717, 1.165) is 25.0 Å². The number of nitriles is 1. The predicted molar refractivity (Wildman–Crippen MR) is 63.7 cm³/mol. The molecule has 15 heavy (non-hydrogen) atoms. The molecule has 0 bridgehead atoms. The summed E-state index contributed by atoms with van der Waals surface area (Å²) in [6.07, 6.45) is 4.50. The van der Waals surface area contributed by atoms with Crippen LogP contribution in [0, 0.1) is 16.7 Å². The maximum atomic E-state index is 9.07. The highest BCUT2D eigenvalue weighted by Gasteiger charge is 2.36. The summed E-state index contributed by atoms with van der Waals surface area (Å²) in [5, 5.41) is 9.07. The van der Waals surface area contributed by atoms with Crippen molar-refractivity contribution < 1.29 is 0 Å². The summed E-state index contributed by atoms with van der Waals surface area (Å²) in [7, 11) is 0. The Hall–Kier alpha value is -0.940. The second-order valence-corrected chi connectivity index (χ2v) is 5.33. The van der Waals surface area contributed by atoms with Gasteiger partial charge in [-0.05, 0) is 37.1 Å². The third kappa shape index (κ3) is 2.54. The quantitative estimate of drug-likeness (QED) is 0.715. The van der Waals surface area contributed by atoms with Crippen molar-refractivity contribution in [3.8, 4) is 6.07 Å². The van der Waals surface area contributed by atoms with Crippen LogP contribution >= 0.6 is 11.8 Å². The van der Waals surface area contributed by atoms with E-state index in [4.69, 9.17) is 5.26 Å². The molecule has 78 valence electrons. The van der Waals surface area contributed by atoms with Gasteiger partial charge < -0.3 is 0 Å². The summed E-state index contributed by atoms with van der Waals surface area (Å²) >= 11 is 1.86. The molecular weight excluding hydrogens is 202 g/mol. The minimum atomic E-state index is 0.0295. The van der Waals surface area contributed by atoms with Crippen molar-refractivity contribution in [3.05, 3.63) is 30.3 Å². The maximum Gasteiger partial charge on any atom is 0.0690 e. The van der Waals surface area contributed by atoms with Crippen LogP contribution in [0.1, 0.15) is 25.7 Å². The van der Waals surface area contributed by atoms with Gasteiger partial charge in [-0.2, -0.15) is 5.26 Å². The molecule has 1 nitrogen and oxygen atoms in total. The Kier molecular flexibility index (Phi) is 3.33. The molecule has 0 radical (unpaired) electrons. The van der Waals surface area contributed by atoms with Gasteiger partial charge in [0.15, 0.2) is 0 Å². The Labute approximate surface area is 95.5 Å². The van der Waals surface area contributed by atoms with E-state index in [0.29, 0.717) is 0 Å². The highest BCUT2D eigenvalue weighted by molar-refractivity contribution is 7.99. The summed E-state index contributed by atoms with van der Waals surface area (Å²) in [5.41, 5.74) is 0.0295. The van der Waals surface area contributed by atoms with Crippen LogP contribution < -0.4 is 0 Å². The SMILES string of the molecule is N#CC1(CCSc2ccccc2)CCC1. The topological polar surface area (TPSA) is 23.8 Å². The van der Waals surface area contributed by atoms with Crippen molar-refractivity contribution in [1.29, 1.82) is 5.26 Å². The molecule has 1 aromatic rings. The zero-order valence-electron chi connectivity index (χ0n) is 8.78. The molecule has 0 unspecified atom stereocenters. The predicted octanol–water partition coefficient (Wildman–Crippen LogP) is 3.86. The van der Waals surface area contributed by atoms with E-state index in [1.54, 1.807) is 0 Å². The summed E-state index contributed by atoms with van der Waals surface area (Å²) in [6.45, 7) is 0. The van der Waals surface area contributed by atoms with Crippen molar-refractivity contribution in [1.82, 2.24) is 0 Å². The van der Waals surface area contributed by atoms with Crippen LogP contribution in [-0.2, 0) is 0 Å². The van der Waals surface area contributed by atoms with Gasteiger partial charge in [-0.15, -0.1) is 11.8 Å². The fourth-order valence-corrected chi connectivity index (χ4v) is 2.98. The molecule has 0 N–H and O–H groups in total. The number of rotatable bonds is 4. The largest absolute Gasteiger partial charge is 0.198 e. The fourth-order valence-electron chi connectivity index (χ4n) is 1.90. The lowest BCUT2D eigenvalue weighted by atomic mass is 9.68. The third-order valence-corrected chi connectivity index (χ3v) is 4.15. The van der Waals surface area contributed by atoms with Crippen molar-refractivity contribution in [3.63, 3.8) is 0 Å². The molecule has 0 atom stereocenters. The molecule has 0 amide bonds. The van der Waals surface area contributed by atoms with Crippen molar-refractivity contribution in [2.24, 2.45) is 5.41 Å². The lowest BCUT2D eigenvalue weighted by molar-refractivity contribution is 0.209. The molecule has 0 saturated heterocycles. The zero-order chi connectivity index (χ0) is 10.6. The Balaban J connectivity index is 1.78. The minimum absolute atomic E-state index is 0.0295. The van der Waals surface area contributed by atoms with Crippen LogP contribution in [0.25, 0.3) is 0 Å². The highest BCUT2D eigenvalue weighted by atomic mass is 32.2. The molecule has 2 heteroatoms. The van der Waals surface area contributed by atoms with Crippen molar-refractivity contribution in [2.75, 3.05) is 5.75 Å². The van der Waals surface area contributed by atoms with Gasteiger partial charge in [-0.25, -0.2) is 0 Å². The third-order valence-electron chi connectivity index (χ3n) is 3.14. The van der Waals surface area contributed by atoms with Gasteiger partial charge in [0.2, 0.25) is 0 Å². The van der Waals surface area contributed by atoms with Crippen LogP contribution in [0.15, 0.2) is 35.2 Å². The van der Waals surface area contributed by atoms with Gasteiger partial charge in [-0.3, -0.25) is 0 Å². The maximum absolute atomic E-state index is 9.07. The Morgan fingerprint density at radius 2 is 2.00 bits per heavy atom. The first-order valence-corrected chi connectivity index (χ1v) is 6.42. The van der Waals surface area contributed by atoms with Crippen LogP contribution in [0.2, 0.25) is 0 Å². The van der Waals surface area contributed by atoms with Gasteiger partial charge in [0.05, 0.1) is 11.5 Å². The van der Waals surface area contributed by atoms with Crippen LogP contribution in [-0.4, -0.2) is 5.75 Å². The monoisotopic (exact) mass is 217 g/mol. The molecule has 1 aliphatic carbocycles. The second-order valence-electron chi connectivity index (χ2n) is 4.16. The Morgan fingerprint density at radius 3 is 2.53 bits per heavy atom. The Bertz CT molecular complexity index is 349. The fraction of sp³-hybridized carbons (Fsp3) is 0.462. The number of benzene rings is 1. The van der Waals surface area contributed by atoms with E-state index < -0.39 is 0 Å². The lowest BCUT2D eigenvalue weighted by Gasteiger charge is -2.34. The number of thioether (sulfide) groups is 1. The van der Waals surface area contributed by atoms with Gasteiger partial charge in [0.1, 0.15) is 0 Å². The summed E-state index contributed by atoms with van der Waals surface area (Å²) in [6, 6.07) is 12.9. The first kappa shape index (κ1) is 10.6. The van der Waals surface area contributed by atoms with E-state index >= 15 is 0 Å². The van der Waals surface area contributed by atoms with Crippen molar-refractivity contribution >= 4 is 11.8 Å². The van der Waals surface area contributed by atoms with E-state index in [1.807, 2.05) is 17.8 Å². The summed E-state index contributed by atoms with van der Waals surface area (Å²) in [4.78, 5) is 1.31. The van der Waals surface area contributed by atoms with Crippen LogP contribution in [0.3, 0.4) is 0 Å². The molecule has 0 spiro atoms. The normalized spacial score (nSPS) is 17.8. The molecule has 0 aromatic heterocycles. The number of nitrogens with zero attached hydrogens (tertiary/aromatic N) is 1. The van der Waals surface area contributed by atoms with Crippen LogP contribution in [0.5, 0.6) is 0 Å². The number of hydrogen-bond acceptors (Lipinski definition) is 2. The van der Waals surface area contributed by atoms with E-state index in [-0.39, 0.29) is 5.41 Å². The first-order chi connectivity index (χ1) is 7.35. The average Bonchev–Trinajstić information content (AvgIpc) is 2.24. The van der Waals surface area contributed by atoms with E-state index in [1.165, 1.54) is 11.3 Å². The average molecular weight is 217 g/mol. The molecule has 1 fully saturated rings. The molecule has 2 rings (SSSR count). The molecular formula is C13H15NS. The summed E-state index contributed by atoms with van der Waals surface area (Å²) in [5.74, 6) is 1.07.